The third-order valence-electron chi connectivity index (χ3n) is 7.95. The van der Waals surface area contributed by atoms with Crippen molar-refractivity contribution in [2.24, 2.45) is 0 Å². The largest absolute Gasteiger partial charge is 0.486 e. The number of benzene rings is 1. The molecule has 1 fully saturated rings. The number of ether oxygens (including phenoxy) is 1. The monoisotopic (exact) mass is 546 g/mol. The number of nitrogens with two attached hydrogens (primary N) is 1. The van der Waals surface area contributed by atoms with Crippen molar-refractivity contribution in [1.82, 2.24) is 19.4 Å². The van der Waals surface area contributed by atoms with Gasteiger partial charge in [-0.3, -0.25) is 14.7 Å². The summed E-state index contributed by atoms with van der Waals surface area (Å²) in [7, 11) is 0. The van der Waals surface area contributed by atoms with Crippen molar-refractivity contribution in [1.29, 1.82) is 0 Å². The minimum absolute atomic E-state index is 0.135. The Kier molecular flexibility index (Phi) is 6.87. The number of aromatic nitrogens is 3. The Hall–Kier alpha value is -4.05. The highest BCUT2D eigenvalue weighted by molar-refractivity contribution is 5.86. The maximum absolute atomic E-state index is 14.6. The van der Waals surface area contributed by atoms with Gasteiger partial charge < -0.3 is 19.9 Å². The molecule has 0 spiro atoms. The van der Waals surface area contributed by atoms with Gasteiger partial charge in [0.15, 0.2) is 17.0 Å². The Bertz CT molecular complexity index is 1620. The second kappa shape index (κ2) is 10.5. The van der Waals surface area contributed by atoms with Crippen LogP contribution in [0.15, 0.2) is 53.7 Å². The molecule has 0 saturated carbocycles. The van der Waals surface area contributed by atoms with E-state index < -0.39 is 11.6 Å². The van der Waals surface area contributed by atoms with E-state index in [0.717, 1.165) is 48.9 Å². The number of hydrogen-bond donors (Lipinski definition) is 1. The standard InChI is InChI=1S/C30H32F2N6O2/c1-18-10-20(7-8-34-18)13-37(23-4-3-9-36(16-23)22-5-6-26(33)35-12-22)14-21-15-38-19(2)17-40-30-27(32)25(31)11-24(28(30)38)29(21)39/h5-8,10-12,15,19,23H,3-4,9,13-14,16-17H2,1-2H3,(H2,33,35)/t19?,23-/m0/s1. The normalized spacial score (nSPS) is 18.8. The lowest BCUT2D eigenvalue weighted by molar-refractivity contribution is 0.157. The zero-order valence-electron chi connectivity index (χ0n) is 22.6. The van der Waals surface area contributed by atoms with E-state index in [1.165, 1.54) is 0 Å². The third kappa shape index (κ3) is 4.88. The van der Waals surface area contributed by atoms with Crippen LogP contribution in [0.25, 0.3) is 10.9 Å². The maximum atomic E-state index is 14.6. The van der Waals surface area contributed by atoms with Crippen molar-refractivity contribution in [2.45, 2.75) is 51.9 Å². The highest BCUT2D eigenvalue weighted by Gasteiger charge is 2.30. The van der Waals surface area contributed by atoms with Crippen LogP contribution in [0.3, 0.4) is 0 Å². The average Bonchev–Trinajstić information content (AvgIpc) is 2.95. The quantitative estimate of drug-likeness (QED) is 0.379. The summed E-state index contributed by atoms with van der Waals surface area (Å²) in [6.45, 7) is 6.72. The Morgan fingerprint density at radius 2 is 2.02 bits per heavy atom. The van der Waals surface area contributed by atoms with Crippen LogP contribution < -0.4 is 20.8 Å². The van der Waals surface area contributed by atoms with Gasteiger partial charge >= 0.3 is 0 Å². The molecule has 1 saturated heterocycles. The van der Waals surface area contributed by atoms with Crippen molar-refractivity contribution in [3.05, 3.63) is 87.6 Å². The van der Waals surface area contributed by atoms with E-state index >= 15 is 0 Å². The number of anilines is 2. The lowest BCUT2D eigenvalue weighted by Gasteiger charge is -2.40. The lowest BCUT2D eigenvalue weighted by atomic mass is 10.0. The number of nitrogens with zero attached hydrogens (tertiary/aromatic N) is 5. The molecule has 2 aliphatic rings. The number of hydrogen-bond acceptors (Lipinski definition) is 7. The fraction of sp³-hybridized carbons (Fsp3) is 0.367. The molecule has 40 heavy (non-hydrogen) atoms. The molecular weight excluding hydrogens is 514 g/mol. The van der Waals surface area contributed by atoms with Gasteiger partial charge in [0, 0.05) is 55.9 Å². The molecule has 4 aromatic rings. The van der Waals surface area contributed by atoms with Gasteiger partial charge in [-0.15, -0.1) is 0 Å². The van der Waals surface area contributed by atoms with Crippen molar-refractivity contribution < 1.29 is 13.5 Å². The number of nitrogen functional groups attached to an aromatic ring is 1. The minimum atomic E-state index is -1.08. The molecule has 0 bridgehead atoms. The van der Waals surface area contributed by atoms with E-state index in [9.17, 15) is 13.6 Å². The Balaban J connectivity index is 1.39. The first-order valence-electron chi connectivity index (χ1n) is 13.6. The molecule has 3 aromatic heterocycles. The molecule has 208 valence electrons. The Labute approximate surface area is 231 Å². The molecular formula is C30H32F2N6O2. The van der Waals surface area contributed by atoms with Gasteiger partial charge in [0.25, 0.3) is 0 Å². The second-order valence-electron chi connectivity index (χ2n) is 10.8. The molecule has 2 aliphatic heterocycles. The summed E-state index contributed by atoms with van der Waals surface area (Å²) in [5, 5.41) is 0.135. The Morgan fingerprint density at radius 1 is 1.18 bits per heavy atom. The van der Waals surface area contributed by atoms with Crippen molar-refractivity contribution in [2.75, 3.05) is 30.3 Å². The first-order valence-corrected chi connectivity index (χ1v) is 13.6. The van der Waals surface area contributed by atoms with E-state index in [1.807, 2.05) is 30.5 Å². The van der Waals surface area contributed by atoms with Crippen LogP contribution >= 0.6 is 0 Å². The van der Waals surface area contributed by atoms with Crippen molar-refractivity contribution >= 4 is 22.4 Å². The van der Waals surface area contributed by atoms with Crippen molar-refractivity contribution in [3.8, 4) is 5.75 Å². The molecule has 6 rings (SSSR count). The number of aryl methyl sites for hydroxylation is 1. The van der Waals surface area contributed by atoms with Gasteiger partial charge in [-0.05, 0) is 62.6 Å². The third-order valence-corrected chi connectivity index (χ3v) is 7.95. The van der Waals surface area contributed by atoms with E-state index in [0.29, 0.717) is 30.0 Å². The van der Waals surface area contributed by atoms with Gasteiger partial charge in [-0.2, -0.15) is 4.39 Å². The van der Waals surface area contributed by atoms with Gasteiger partial charge in [-0.25, -0.2) is 9.37 Å². The summed E-state index contributed by atoms with van der Waals surface area (Å²) >= 11 is 0. The molecule has 5 heterocycles. The number of rotatable bonds is 6. The SMILES string of the molecule is Cc1cc(CN(Cc2cn3c4c(c(F)c(F)cc4c2=O)OCC3C)[C@H]2CCCN(c3ccc(N)nc3)C2)ccn1. The van der Waals surface area contributed by atoms with Gasteiger partial charge in [0.1, 0.15) is 12.4 Å². The minimum Gasteiger partial charge on any atom is -0.486 e. The van der Waals surface area contributed by atoms with E-state index in [-0.39, 0.29) is 35.3 Å². The number of halogens is 2. The van der Waals surface area contributed by atoms with Crippen LogP contribution in [0.1, 0.15) is 42.6 Å². The zero-order valence-corrected chi connectivity index (χ0v) is 22.6. The molecule has 0 aliphatic carbocycles. The topological polar surface area (TPSA) is 89.5 Å². The van der Waals surface area contributed by atoms with Gasteiger partial charge in [0.05, 0.1) is 28.8 Å². The van der Waals surface area contributed by atoms with Crippen LogP contribution in [0, 0.1) is 18.6 Å². The first-order chi connectivity index (χ1) is 19.3. The van der Waals surface area contributed by atoms with E-state index in [1.54, 1.807) is 24.7 Å². The fourth-order valence-electron chi connectivity index (χ4n) is 5.90. The predicted octanol–water partition coefficient (Wildman–Crippen LogP) is 4.58. The summed E-state index contributed by atoms with van der Waals surface area (Å²) in [6.07, 6.45) is 7.33. The van der Waals surface area contributed by atoms with Gasteiger partial charge in [-0.1, -0.05) is 0 Å². The highest BCUT2D eigenvalue weighted by Crippen LogP contribution is 2.35. The summed E-state index contributed by atoms with van der Waals surface area (Å²) in [5.41, 5.74) is 9.37. The maximum Gasteiger partial charge on any atom is 0.202 e. The van der Waals surface area contributed by atoms with E-state index in [2.05, 4.69) is 25.8 Å². The summed E-state index contributed by atoms with van der Waals surface area (Å²) in [5.74, 6) is -1.86. The predicted molar refractivity (Wildman–Crippen MR) is 150 cm³/mol. The van der Waals surface area contributed by atoms with Gasteiger partial charge in [0.2, 0.25) is 5.82 Å². The van der Waals surface area contributed by atoms with Crippen LogP contribution in [0.4, 0.5) is 20.3 Å². The zero-order chi connectivity index (χ0) is 28.0. The molecule has 1 unspecified atom stereocenters. The summed E-state index contributed by atoms with van der Waals surface area (Å²) in [4.78, 5) is 27.0. The van der Waals surface area contributed by atoms with Crippen LogP contribution in [-0.2, 0) is 13.1 Å². The summed E-state index contributed by atoms with van der Waals surface area (Å²) < 4.78 is 36.5. The highest BCUT2D eigenvalue weighted by atomic mass is 19.2. The number of piperidine rings is 1. The molecule has 0 radical (unpaired) electrons. The fourth-order valence-corrected chi connectivity index (χ4v) is 5.90. The van der Waals surface area contributed by atoms with Crippen LogP contribution in [0.5, 0.6) is 5.75 Å². The molecule has 2 atom stereocenters. The Morgan fingerprint density at radius 3 is 2.80 bits per heavy atom. The summed E-state index contributed by atoms with van der Waals surface area (Å²) in [6, 6.07) is 8.83. The molecule has 2 N–H and O–H groups in total. The lowest BCUT2D eigenvalue weighted by Crippen LogP contribution is -2.48. The average molecular weight is 547 g/mol. The second-order valence-corrected chi connectivity index (χ2v) is 10.8. The van der Waals surface area contributed by atoms with E-state index in [4.69, 9.17) is 10.5 Å². The molecule has 8 nitrogen and oxygen atoms in total. The van der Waals surface area contributed by atoms with Crippen molar-refractivity contribution in [3.63, 3.8) is 0 Å². The smallest absolute Gasteiger partial charge is 0.202 e. The number of pyridine rings is 3. The molecule has 10 heteroatoms. The molecule has 1 aromatic carbocycles. The van der Waals surface area contributed by atoms with Crippen LogP contribution in [-0.4, -0.2) is 45.2 Å². The molecule has 0 amide bonds. The first kappa shape index (κ1) is 26.2. The van der Waals surface area contributed by atoms with Crippen LogP contribution in [0.2, 0.25) is 0 Å².